The van der Waals surface area contributed by atoms with Gasteiger partial charge >= 0.3 is 12.1 Å². The highest BCUT2D eigenvalue weighted by Gasteiger charge is 2.34. The van der Waals surface area contributed by atoms with Gasteiger partial charge in [0.05, 0.1) is 24.2 Å². The summed E-state index contributed by atoms with van der Waals surface area (Å²) in [5.41, 5.74) is 4.06. The minimum Gasteiger partial charge on any atom is -0.481 e. The number of carbonyl (C=O) groups is 1. The van der Waals surface area contributed by atoms with Crippen molar-refractivity contribution in [1.82, 2.24) is 9.78 Å². The van der Waals surface area contributed by atoms with Gasteiger partial charge in [0, 0.05) is 23.2 Å². The number of carboxylic acid groups (broad SMARTS) is 1. The monoisotopic (exact) mass is 515 g/mol. The van der Waals surface area contributed by atoms with Crippen LogP contribution in [0.5, 0.6) is 0 Å². The predicted molar refractivity (Wildman–Crippen MR) is 141 cm³/mol. The summed E-state index contributed by atoms with van der Waals surface area (Å²) in [6.45, 7) is 0.872. The van der Waals surface area contributed by atoms with Crippen LogP contribution in [0.3, 0.4) is 0 Å². The fourth-order valence-corrected chi connectivity index (χ4v) is 4.46. The Balaban J connectivity index is 1.43. The maximum absolute atomic E-state index is 13.8. The molecule has 0 unspecified atom stereocenters. The third-order valence-electron chi connectivity index (χ3n) is 6.28. The lowest BCUT2D eigenvalue weighted by molar-refractivity contribution is -0.137. The van der Waals surface area contributed by atoms with Crippen LogP contribution < -0.4 is 5.32 Å². The first-order chi connectivity index (χ1) is 18.3. The summed E-state index contributed by atoms with van der Waals surface area (Å²) >= 11 is 0. The van der Waals surface area contributed by atoms with Crippen LogP contribution in [0.4, 0.5) is 18.9 Å². The van der Waals surface area contributed by atoms with E-state index in [0.717, 1.165) is 34.0 Å². The van der Waals surface area contributed by atoms with Crippen molar-refractivity contribution in [3.63, 3.8) is 0 Å². The van der Waals surface area contributed by atoms with E-state index in [1.54, 1.807) is 22.9 Å². The van der Waals surface area contributed by atoms with Crippen LogP contribution in [0, 0.1) is 0 Å². The lowest BCUT2D eigenvalue weighted by Crippen LogP contribution is -2.06. The number of carboxylic acids is 1. The van der Waals surface area contributed by atoms with Gasteiger partial charge in [0.2, 0.25) is 0 Å². The molecule has 2 N–H and O–H groups in total. The number of anilines is 1. The van der Waals surface area contributed by atoms with Gasteiger partial charge in [-0.15, -0.1) is 0 Å². The van der Waals surface area contributed by atoms with Gasteiger partial charge < -0.3 is 10.4 Å². The van der Waals surface area contributed by atoms with E-state index in [2.05, 4.69) is 10.4 Å². The molecule has 0 saturated heterocycles. The summed E-state index contributed by atoms with van der Waals surface area (Å²) in [5, 5.41) is 17.1. The molecule has 4 aromatic carbocycles. The Morgan fingerprint density at radius 2 is 1.50 bits per heavy atom. The molecule has 0 spiro atoms. The first-order valence-electron chi connectivity index (χ1n) is 12.0. The second-order valence-electron chi connectivity index (χ2n) is 9.01. The van der Waals surface area contributed by atoms with Crippen molar-refractivity contribution in [2.45, 2.75) is 25.7 Å². The highest BCUT2D eigenvalue weighted by molar-refractivity contribution is 5.95. The Bertz CT molecular complexity index is 1560. The summed E-state index contributed by atoms with van der Waals surface area (Å²) in [6.07, 6.45) is -4.53. The van der Waals surface area contributed by atoms with Gasteiger partial charge in [0.25, 0.3) is 0 Å². The van der Waals surface area contributed by atoms with Gasteiger partial charge in [-0.1, -0.05) is 78.9 Å². The minimum absolute atomic E-state index is 0.0187. The molecule has 0 fully saturated rings. The normalized spacial score (nSPS) is 11.6. The Morgan fingerprint density at radius 1 is 0.816 bits per heavy atom. The number of halogens is 3. The molecule has 5 nitrogen and oxygen atoms in total. The molecule has 1 heterocycles. The average molecular weight is 516 g/mol. The van der Waals surface area contributed by atoms with E-state index in [1.165, 1.54) is 6.07 Å². The topological polar surface area (TPSA) is 67.2 Å². The quantitative estimate of drug-likeness (QED) is 0.233. The number of alkyl halides is 3. The Labute approximate surface area is 217 Å². The number of hydrogen-bond acceptors (Lipinski definition) is 3. The van der Waals surface area contributed by atoms with Crippen molar-refractivity contribution in [3.8, 4) is 11.3 Å². The maximum atomic E-state index is 13.8. The molecule has 0 aliphatic carbocycles. The molecule has 0 saturated carbocycles. The predicted octanol–water partition coefficient (Wildman–Crippen LogP) is 7.01. The number of aliphatic carboxylic acids is 1. The molecule has 5 rings (SSSR count). The van der Waals surface area contributed by atoms with E-state index in [9.17, 15) is 18.0 Å². The number of hydrogen-bond donors (Lipinski definition) is 2. The van der Waals surface area contributed by atoms with E-state index < -0.39 is 17.7 Å². The Hall–Kier alpha value is -4.59. The lowest BCUT2D eigenvalue weighted by atomic mass is 10.0. The molecule has 8 heteroatoms. The van der Waals surface area contributed by atoms with E-state index in [0.29, 0.717) is 24.2 Å². The molecule has 0 aliphatic rings. The third-order valence-corrected chi connectivity index (χ3v) is 6.28. The number of nitrogens with one attached hydrogen (secondary N) is 1. The van der Waals surface area contributed by atoms with Crippen molar-refractivity contribution < 1.29 is 23.1 Å². The molecular weight excluding hydrogens is 491 g/mol. The lowest BCUT2D eigenvalue weighted by Gasteiger charge is -2.11. The number of fused-ring (bicyclic) bond motifs is 1. The first kappa shape index (κ1) is 25.1. The zero-order chi connectivity index (χ0) is 26.7. The number of nitrogens with zero attached hydrogens (tertiary/aromatic N) is 2. The van der Waals surface area contributed by atoms with Crippen LogP contribution in [-0.2, 0) is 30.5 Å². The van der Waals surface area contributed by atoms with E-state index in [-0.39, 0.29) is 11.9 Å². The number of benzene rings is 4. The largest absolute Gasteiger partial charge is 0.481 e. The van der Waals surface area contributed by atoms with Gasteiger partial charge in [-0.3, -0.25) is 9.48 Å². The summed E-state index contributed by atoms with van der Waals surface area (Å²) in [4.78, 5) is 10.9. The molecule has 5 aromatic rings. The van der Waals surface area contributed by atoms with Crippen LogP contribution in [0.25, 0.3) is 22.2 Å². The second-order valence-corrected chi connectivity index (χ2v) is 9.01. The zero-order valence-electron chi connectivity index (χ0n) is 20.2. The first-order valence-corrected chi connectivity index (χ1v) is 12.0. The Kier molecular flexibility index (Phi) is 6.87. The maximum Gasteiger partial charge on any atom is 0.418 e. The van der Waals surface area contributed by atoms with Gasteiger partial charge in [0.15, 0.2) is 0 Å². The molecule has 0 aliphatic heterocycles. The summed E-state index contributed by atoms with van der Waals surface area (Å²) < 4.78 is 42.9. The zero-order valence-corrected chi connectivity index (χ0v) is 20.2. The van der Waals surface area contributed by atoms with Crippen molar-refractivity contribution in [1.29, 1.82) is 0 Å². The van der Waals surface area contributed by atoms with Crippen LogP contribution in [-0.4, -0.2) is 20.9 Å². The van der Waals surface area contributed by atoms with Crippen molar-refractivity contribution in [3.05, 3.63) is 119 Å². The fourth-order valence-electron chi connectivity index (χ4n) is 4.46. The van der Waals surface area contributed by atoms with Crippen LogP contribution >= 0.6 is 0 Å². The molecule has 0 atom stereocenters. The molecular formula is C30H24F3N3O2. The van der Waals surface area contributed by atoms with E-state index >= 15 is 0 Å². The highest BCUT2D eigenvalue weighted by atomic mass is 19.4. The molecule has 192 valence electrons. The number of aromatic nitrogens is 2. The molecule has 1 aromatic heterocycles. The minimum atomic E-state index is -4.51. The van der Waals surface area contributed by atoms with Crippen LogP contribution in [0.1, 0.15) is 22.3 Å². The standard InChI is InChI=1S/C30H24F3N3O2/c31-30(32,33)26-8-4-7-25-28(26)35-36(19-22-5-2-1-3-6-22)29(25)23-13-15-24(16-14-23)34-18-21-11-9-20(10-12-21)17-27(37)38/h1-16,34H,17-19H2,(H,37,38). The van der Waals surface area contributed by atoms with Crippen LogP contribution in [0.2, 0.25) is 0 Å². The number of rotatable bonds is 8. The average Bonchev–Trinajstić information content (AvgIpc) is 3.26. The Morgan fingerprint density at radius 3 is 2.16 bits per heavy atom. The summed E-state index contributed by atoms with van der Waals surface area (Å²) in [5.74, 6) is -0.872. The summed E-state index contributed by atoms with van der Waals surface area (Å²) in [6, 6.07) is 28.5. The fraction of sp³-hybridized carbons (Fsp3) is 0.133. The highest BCUT2D eigenvalue weighted by Crippen LogP contribution is 2.38. The molecule has 38 heavy (non-hydrogen) atoms. The SMILES string of the molecule is O=C(O)Cc1ccc(CNc2ccc(-c3c4cccc(C(F)(F)F)c4nn3Cc3ccccc3)cc2)cc1. The van der Waals surface area contributed by atoms with Gasteiger partial charge in [-0.2, -0.15) is 18.3 Å². The molecule has 0 radical (unpaired) electrons. The van der Waals surface area contributed by atoms with Gasteiger partial charge in [-0.05, 0) is 34.9 Å². The van der Waals surface area contributed by atoms with Crippen molar-refractivity contribution in [2.75, 3.05) is 5.32 Å². The van der Waals surface area contributed by atoms with Gasteiger partial charge in [0.1, 0.15) is 5.52 Å². The molecule has 0 bridgehead atoms. The molecule has 0 amide bonds. The van der Waals surface area contributed by atoms with E-state index in [1.807, 2.05) is 66.7 Å². The van der Waals surface area contributed by atoms with Gasteiger partial charge in [-0.25, -0.2) is 0 Å². The van der Waals surface area contributed by atoms with Crippen molar-refractivity contribution in [2.24, 2.45) is 0 Å². The van der Waals surface area contributed by atoms with E-state index in [4.69, 9.17) is 5.11 Å². The van der Waals surface area contributed by atoms with Crippen molar-refractivity contribution >= 4 is 22.6 Å². The second kappa shape index (κ2) is 10.4. The van der Waals surface area contributed by atoms with Crippen LogP contribution in [0.15, 0.2) is 97.1 Å². The summed E-state index contributed by atoms with van der Waals surface area (Å²) in [7, 11) is 0. The smallest absolute Gasteiger partial charge is 0.418 e. The third kappa shape index (κ3) is 5.54.